The lowest BCUT2D eigenvalue weighted by Crippen LogP contribution is -2.51. The minimum Gasteiger partial charge on any atom is -0.482 e. The van der Waals surface area contributed by atoms with E-state index in [9.17, 15) is 4.79 Å². The number of nitrogens with zero attached hydrogens (tertiary/aromatic N) is 4. The second-order valence-electron chi connectivity index (χ2n) is 19.7. The summed E-state index contributed by atoms with van der Waals surface area (Å²) in [7, 11) is 3.29. The van der Waals surface area contributed by atoms with Gasteiger partial charge in [-0.2, -0.15) is 0 Å². The summed E-state index contributed by atoms with van der Waals surface area (Å²) in [5.41, 5.74) is 9.94. The normalized spacial score (nSPS) is 14.4. The Labute approximate surface area is 486 Å². The van der Waals surface area contributed by atoms with E-state index in [0.29, 0.717) is 139 Å². The Morgan fingerprint density at radius 1 is 0.617 bits per heavy atom. The second kappa shape index (κ2) is 26.2. The van der Waals surface area contributed by atoms with Crippen LogP contribution >= 0.6 is 31.9 Å². The molecule has 0 amide bonds. The van der Waals surface area contributed by atoms with E-state index in [1.54, 1.807) is 45.4 Å². The highest BCUT2D eigenvalue weighted by atomic mass is 79.9. The molecule has 2 aliphatic heterocycles. The third-order valence-corrected chi connectivity index (χ3v) is 16.7. The Morgan fingerprint density at radius 3 is 1.67 bits per heavy atom. The van der Waals surface area contributed by atoms with E-state index in [1.807, 2.05) is 74.5 Å². The molecule has 0 N–H and O–H groups in total. The average molecular weight is 1230 g/mol. The molecule has 422 valence electrons. The van der Waals surface area contributed by atoms with Crippen LogP contribution < -0.4 is 4.74 Å². The van der Waals surface area contributed by atoms with Gasteiger partial charge in [0.25, 0.3) is 0 Å². The minimum atomic E-state index is -4.57. The largest absolute Gasteiger partial charge is 0.737 e. The van der Waals surface area contributed by atoms with Gasteiger partial charge in [-0.1, -0.05) is 66.7 Å². The van der Waals surface area contributed by atoms with Crippen LogP contribution in [0.25, 0.3) is 67.4 Å². The number of methoxy groups -OCH3 is 2. The molecule has 0 saturated heterocycles. The first kappa shape index (κ1) is 57.7. The molecule has 5 heterocycles. The standard InChI is InChI=1S/C63H65BBr2F2N4O9/c1-6-80-58(73)41-81-47-21-19-46(20-22-47)59-62-42(2)60(65)56(25-17-44-15-23-54-50(39-44)48-11-7-9-13-52(48)69(54)27-29-76-35-37-78-33-31-74-4)71(62)64(67,68)72-57(61(66)43(3)63(59)72)26-18-45-16-24-55-51(40-45)49-12-8-10-14-53(49)70(55)28-30-77-36-38-79-34-32-75-5/h7-26,39-40H,6,27-38,41H2,1-5H3/b25-17+,26-18+. The molecule has 0 fully saturated rings. The van der Waals surface area contributed by atoms with Gasteiger partial charge in [0.1, 0.15) is 5.75 Å². The highest BCUT2D eigenvalue weighted by Gasteiger charge is 2.57. The molecule has 0 bridgehead atoms. The number of para-hydroxylation sites is 2. The van der Waals surface area contributed by atoms with Crippen molar-refractivity contribution in [3.8, 4) is 5.75 Å². The number of fused-ring (bicyclic) bond motifs is 8. The van der Waals surface area contributed by atoms with E-state index < -0.39 is 12.9 Å². The molecular formula is C63H65BBr2F2N4O9. The summed E-state index contributed by atoms with van der Waals surface area (Å²) in [6, 6.07) is 36.2. The predicted molar refractivity (Wildman–Crippen MR) is 326 cm³/mol. The third kappa shape index (κ3) is 11.9. The van der Waals surface area contributed by atoms with Gasteiger partial charge in [-0.05, 0) is 136 Å². The fraction of sp³-hybridized carbons (Fsp3) is 0.302. The molecule has 0 atom stereocenters. The summed E-state index contributed by atoms with van der Waals surface area (Å²) in [4.78, 5) is 12.2. The van der Waals surface area contributed by atoms with Gasteiger partial charge < -0.3 is 64.6 Å². The van der Waals surface area contributed by atoms with Crippen LogP contribution in [0.3, 0.4) is 0 Å². The monoisotopic (exact) mass is 1230 g/mol. The van der Waals surface area contributed by atoms with Crippen molar-refractivity contribution in [2.24, 2.45) is 0 Å². The van der Waals surface area contributed by atoms with Gasteiger partial charge in [-0.25, -0.2) is 4.79 Å². The van der Waals surface area contributed by atoms with Crippen molar-refractivity contribution in [1.29, 1.82) is 0 Å². The third-order valence-electron chi connectivity index (χ3n) is 14.7. The lowest BCUT2D eigenvalue weighted by Gasteiger charge is -2.34. The van der Waals surface area contributed by atoms with Crippen LogP contribution in [0.15, 0.2) is 135 Å². The fourth-order valence-electron chi connectivity index (χ4n) is 11.0. The number of halogens is 4. The Balaban J connectivity index is 1.02. The number of carbonyl (C=O) groups excluding carboxylic acids is 1. The summed E-state index contributed by atoms with van der Waals surface area (Å²) in [5, 5.41) is 4.25. The molecule has 18 heteroatoms. The van der Waals surface area contributed by atoms with Gasteiger partial charge in [0.05, 0.1) is 82.7 Å². The van der Waals surface area contributed by atoms with Crippen molar-refractivity contribution in [3.63, 3.8) is 0 Å². The Morgan fingerprint density at radius 2 is 1.12 bits per heavy atom. The molecule has 13 nitrogen and oxygen atoms in total. The van der Waals surface area contributed by atoms with E-state index in [1.165, 1.54) is 8.96 Å². The molecule has 8 aromatic rings. The van der Waals surface area contributed by atoms with Crippen LogP contribution in [0.2, 0.25) is 0 Å². The number of rotatable bonds is 27. The summed E-state index contributed by atoms with van der Waals surface area (Å²) in [5.74, 6) is -0.0498. The van der Waals surface area contributed by atoms with Crippen molar-refractivity contribution in [1.82, 2.24) is 13.6 Å². The molecule has 0 aliphatic carbocycles. The molecular weight excluding hydrogens is 1170 g/mol. The van der Waals surface area contributed by atoms with Gasteiger partial charge in [-0.3, -0.25) is 0 Å². The highest BCUT2D eigenvalue weighted by molar-refractivity contribution is 9.12. The van der Waals surface area contributed by atoms with E-state index in [0.717, 1.165) is 54.7 Å². The van der Waals surface area contributed by atoms with Crippen molar-refractivity contribution in [3.05, 3.63) is 169 Å². The van der Waals surface area contributed by atoms with E-state index in [4.69, 9.17) is 37.9 Å². The van der Waals surface area contributed by atoms with Crippen molar-refractivity contribution >= 4 is 118 Å². The topological polar surface area (TPSA) is 109 Å². The molecule has 0 saturated carbocycles. The van der Waals surface area contributed by atoms with Crippen LogP contribution in [0.4, 0.5) is 8.63 Å². The predicted octanol–water partition coefficient (Wildman–Crippen LogP) is 13.1. The van der Waals surface area contributed by atoms with Crippen molar-refractivity contribution < 1.29 is 55.8 Å². The van der Waals surface area contributed by atoms with E-state index in [-0.39, 0.29) is 13.2 Å². The molecule has 5 aromatic carbocycles. The smallest absolute Gasteiger partial charge is 0.482 e. The number of aromatic nitrogens is 3. The molecule has 0 spiro atoms. The Hall–Kier alpha value is -6.48. The highest BCUT2D eigenvalue weighted by Crippen LogP contribution is 2.49. The lowest BCUT2D eigenvalue weighted by molar-refractivity contribution is -0.362. The van der Waals surface area contributed by atoms with Crippen LogP contribution in [0.5, 0.6) is 5.75 Å². The Kier molecular flexibility index (Phi) is 18.7. The van der Waals surface area contributed by atoms with Crippen LogP contribution in [0.1, 0.15) is 47.5 Å². The number of hydrogen-bond acceptors (Lipinski definition) is 9. The SMILES string of the molecule is CCOC(=O)COc1ccc(C2=C3C(C)=C(Br)C(/C=C/c4ccc5c(c4)c4ccccc4n5CCOCCOCCOC)=[N+]3[B-](F)(F)n3c(/C=C/c4ccc5c(c4)c4ccccc4n5CCOCCOCCOC)c(Br)c(C)c32)cc1. The number of esters is 1. The maximum atomic E-state index is 18.5. The van der Waals surface area contributed by atoms with Crippen molar-refractivity contribution in [2.75, 3.05) is 93.5 Å². The van der Waals surface area contributed by atoms with Gasteiger partial charge >= 0.3 is 12.9 Å². The molecule has 10 rings (SSSR count). The minimum absolute atomic E-state index is 0.235. The quantitative estimate of drug-likeness (QED) is 0.0282. The zero-order valence-electron chi connectivity index (χ0n) is 46.2. The van der Waals surface area contributed by atoms with Gasteiger partial charge in [0.15, 0.2) is 18.0 Å². The summed E-state index contributed by atoms with van der Waals surface area (Å²) in [6.45, 7) is 7.20. The molecule has 0 unspecified atom stereocenters. The van der Waals surface area contributed by atoms with Gasteiger partial charge in [0, 0.05) is 98.4 Å². The Bertz CT molecular complexity index is 3780. The number of allylic oxidation sites excluding steroid dienone is 3. The first-order valence-corrected chi connectivity index (χ1v) is 28.8. The van der Waals surface area contributed by atoms with Crippen LogP contribution in [-0.4, -0.2) is 130 Å². The van der Waals surface area contributed by atoms with Crippen LogP contribution in [-0.2, 0) is 51.0 Å². The van der Waals surface area contributed by atoms with E-state index >= 15 is 8.63 Å². The number of hydrogen-bond donors (Lipinski definition) is 0. The molecule has 2 aliphatic rings. The molecule has 3 aromatic heterocycles. The lowest BCUT2D eigenvalue weighted by atomic mass is 9.83. The number of ether oxygens (including phenoxy) is 8. The maximum Gasteiger partial charge on any atom is 0.737 e. The summed E-state index contributed by atoms with van der Waals surface area (Å²) >= 11 is 7.67. The zero-order chi connectivity index (χ0) is 56.6. The zero-order valence-corrected chi connectivity index (χ0v) is 49.3. The first-order chi connectivity index (χ1) is 39.5. The number of benzene rings is 5. The maximum absolute atomic E-state index is 18.5. The van der Waals surface area contributed by atoms with Gasteiger partial charge in [-0.15, -0.1) is 0 Å². The summed E-state index contributed by atoms with van der Waals surface area (Å²) in [6.07, 6.45) is 7.37. The van der Waals surface area contributed by atoms with Crippen LogP contribution in [0, 0.1) is 6.92 Å². The molecule has 81 heavy (non-hydrogen) atoms. The van der Waals surface area contributed by atoms with Crippen molar-refractivity contribution in [2.45, 2.75) is 33.9 Å². The average Bonchev–Trinajstić information content (AvgIpc) is 4.35. The fourth-order valence-corrected chi connectivity index (χ4v) is 12.0. The summed E-state index contributed by atoms with van der Waals surface area (Å²) < 4.78 is 89.1. The molecule has 0 radical (unpaired) electrons. The van der Waals surface area contributed by atoms with Gasteiger partial charge in [0.2, 0.25) is 0 Å². The second-order valence-corrected chi connectivity index (χ2v) is 21.2. The first-order valence-electron chi connectivity index (χ1n) is 27.2. The van der Waals surface area contributed by atoms with E-state index in [2.05, 4.69) is 89.5 Å². The number of carbonyl (C=O) groups is 1.